The van der Waals surface area contributed by atoms with Gasteiger partial charge in [-0.15, -0.1) is 6.42 Å². The van der Waals surface area contributed by atoms with E-state index in [-0.39, 0.29) is 16.6 Å². The molecule has 84 valence electrons. The van der Waals surface area contributed by atoms with Crippen LogP contribution in [0.15, 0.2) is 0 Å². The SMILES string of the molecule is C#C[C@H]1COCCN1c1nc(Cl)nc(Cl)n1. The summed E-state index contributed by atoms with van der Waals surface area (Å²) < 4.78 is 5.26. The van der Waals surface area contributed by atoms with Gasteiger partial charge in [0.05, 0.1) is 13.2 Å². The Kier molecular flexibility index (Phi) is 3.44. The van der Waals surface area contributed by atoms with Gasteiger partial charge in [0.25, 0.3) is 0 Å². The summed E-state index contributed by atoms with van der Waals surface area (Å²) in [6.07, 6.45) is 5.40. The van der Waals surface area contributed by atoms with Crippen LogP contribution in [-0.4, -0.2) is 40.8 Å². The molecule has 0 aliphatic carbocycles. The van der Waals surface area contributed by atoms with E-state index in [2.05, 4.69) is 20.9 Å². The van der Waals surface area contributed by atoms with Crippen molar-refractivity contribution in [2.75, 3.05) is 24.7 Å². The van der Waals surface area contributed by atoms with Crippen LogP contribution in [0.5, 0.6) is 0 Å². The van der Waals surface area contributed by atoms with Crippen molar-refractivity contribution in [3.63, 3.8) is 0 Å². The predicted octanol–water partition coefficient (Wildman–Crippen LogP) is 1.02. The first-order valence-electron chi connectivity index (χ1n) is 4.58. The Morgan fingerprint density at radius 3 is 2.62 bits per heavy atom. The molecule has 1 aliphatic heterocycles. The number of morpholine rings is 1. The minimum Gasteiger partial charge on any atom is -0.376 e. The van der Waals surface area contributed by atoms with E-state index in [1.54, 1.807) is 0 Å². The molecule has 2 rings (SSSR count). The maximum atomic E-state index is 5.70. The number of halogens is 2. The van der Waals surface area contributed by atoms with Crippen LogP contribution in [0.3, 0.4) is 0 Å². The van der Waals surface area contributed by atoms with Crippen molar-refractivity contribution in [2.24, 2.45) is 0 Å². The zero-order chi connectivity index (χ0) is 11.5. The number of hydrogen-bond acceptors (Lipinski definition) is 5. The summed E-state index contributed by atoms with van der Waals surface area (Å²) in [6, 6.07) is -0.205. The van der Waals surface area contributed by atoms with E-state index >= 15 is 0 Å². The third-order valence-electron chi connectivity index (χ3n) is 2.15. The Morgan fingerprint density at radius 2 is 2.00 bits per heavy atom. The zero-order valence-electron chi connectivity index (χ0n) is 8.23. The molecule has 0 bridgehead atoms. The Hall–Kier alpha value is -1.09. The van der Waals surface area contributed by atoms with Crippen LogP contribution < -0.4 is 4.90 Å². The van der Waals surface area contributed by atoms with E-state index in [1.165, 1.54) is 0 Å². The number of hydrogen-bond donors (Lipinski definition) is 0. The van der Waals surface area contributed by atoms with Crippen LogP contribution in [0.1, 0.15) is 0 Å². The molecule has 0 N–H and O–H groups in total. The summed E-state index contributed by atoms with van der Waals surface area (Å²) in [4.78, 5) is 13.5. The molecular formula is C9H8Cl2N4O. The molecule has 0 spiro atoms. The highest BCUT2D eigenvalue weighted by Gasteiger charge is 2.24. The molecule has 16 heavy (non-hydrogen) atoms. The third-order valence-corrected chi connectivity index (χ3v) is 2.48. The lowest BCUT2D eigenvalue weighted by Crippen LogP contribution is -2.45. The Labute approximate surface area is 103 Å². The fourth-order valence-corrected chi connectivity index (χ4v) is 1.78. The lowest BCUT2D eigenvalue weighted by molar-refractivity contribution is 0.107. The van der Waals surface area contributed by atoms with Gasteiger partial charge in [-0.1, -0.05) is 5.92 Å². The molecule has 0 radical (unpaired) electrons. The lowest BCUT2D eigenvalue weighted by atomic mass is 10.2. The molecule has 1 fully saturated rings. The normalized spacial score (nSPS) is 20.6. The lowest BCUT2D eigenvalue weighted by Gasteiger charge is -2.32. The van der Waals surface area contributed by atoms with E-state index in [0.29, 0.717) is 25.7 Å². The van der Waals surface area contributed by atoms with E-state index in [1.807, 2.05) is 4.90 Å². The van der Waals surface area contributed by atoms with Crippen LogP contribution in [-0.2, 0) is 4.74 Å². The molecule has 0 aromatic carbocycles. The van der Waals surface area contributed by atoms with Crippen molar-refractivity contribution in [1.82, 2.24) is 15.0 Å². The number of nitrogens with zero attached hydrogens (tertiary/aromatic N) is 4. The molecule has 1 aromatic heterocycles. The number of aromatic nitrogens is 3. The summed E-state index contributed by atoms with van der Waals surface area (Å²) in [5, 5.41) is 0.106. The van der Waals surface area contributed by atoms with Crippen LogP contribution in [0.25, 0.3) is 0 Å². The minimum absolute atomic E-state index is 0.0530. The first-order chi connectivity index (χ1) is 7.70. The first-order valence-corrected chi connectivity index (χ1v) is 5.34. The van der Waals surface area contributed by atoms with Crippen molar-refractivity contribution in [2.45, 2.75) is 6.04 Å². The average molecular weight is 259 g/mol. The number of anilines is 1. The number of rotatable bonds is 1. The van der Waals surface area contributed by atoms with Crippen LogP contribution in [0, 0.1) is 12.3 Å². The highest BCUT2D eigenvalue weighted by molar-refractivity contribution is 6.31. The van der Waals surface area contributed by atoms with Gasteiger partial charge in [-0.05, 0) is 23.2 Å². The molecule has 2 heterocycles. The zero-order valence-corrected chi connectivity index (χ0v) is 9.74. The van der Waals surface area contributed by atoms with E-state index < -0.39 is 0 Å². The molecule has 0 amide bonds. The molecule has 1 saturated heterocycles. The number of terminal acetylenes is 1. The van der Waals surface area contributed by atoms with E-state index in [4.69, 9.17) is 34.4 Å². The fourth-order valence-electron chi connectivity index (χ4n) is 1.43. The van der Waals surface area contributed by atoms with Crippen LogP contribution >= 0.6 is 23.2 Å². The van der Waals surface area contributed by atoms with Crippen LogP contribution in [0.4, 0.5) is 5.95 Å². The molecule has 1 atom stereocenters. The number of ether oxygens (including phenoxy) is 1. The Balaban J connectivity index is 2.31. The van der Waals surface area contributed by atoms with Crippen molar-refractivity contribution in [3.8, 4) is 12.3 Å². The van der Waals surface area contributed by atoms with Gasteiger partial charge in [0, 0.05) is 6.54 Å². The van der Waals surface area contributed by atoms with E-state index in [0.717, 1.165) is 0 Å². The van der Waals surface area contributed by atoms with Crippen molar-refractivity contribution < 1.29 is 4.74 Å². The van der Waals surface area contributed by atoms with Gasteiger partial charge in [-0.3, -0.25) is 0 Å². The topological polar surface area (TPSA) is 51.1 Å². The maximum Gasteiger partial charge on any atom is 0.232 e. The smallest absolute Gasteiger partial charge is 0.232 e. The van der Waals surface area contributed by atoms with Crippen molar-refractivity contribution in [3.05, 3.63) is 10.6 Å². The third kappa shape index (κ3) is 2.35. The highest BCUT2D eigenvalue weighted by atomic mass is 35.5. The molecule has 1 aliphatic rings. The summed E-state index contributed by atoms with van der Waals surface area (Å²) in [6.45, 7) is 1.61. The second kappa shape index (κ2) is 4.83. The highest BCUT2D eigenvalue weighted by Crippen LogP contribution is 2.18. The molecule has 5 nitrogen and oxygen atoms in total. The predicted molar refractivity (Wildman–Crippen MR) is 60.6 cm³/mol. The molecule has 7 heteroatoms. The largest absolute Gasteiger partial charge is 0.376 e. The molecule has 0 unspecified atom stereocenters. The second-order valence-corrected chi connectivity index (χ2v) is 3.80. The average Bonchev–Trinajstić information content (AvgIpc) is 2.27. The minimum atomic E-state index is -0.205. The monoisotopic (exact) mass is 258 g/mol. The van der Waals surface area contributed by atoms with Crippen LogP contribution in [0.2, 0.25) is 10.6 Å². The van der Waals surface area contributed by atoms with Crippen molar-refractivity contribution in [1.29, 1.82) is 0 Å². The van der Waals surface area contributed by atoms with Gasteiger partial charge >= 0.3 is 0 Å². The summed E-state index contributed by atoms with van der Waals surface area (Å²) >= 11 is 11.4. The quantitative estimate of drug-likeness (QED) is 0.705. The van der Waals surface area contributed by atoms with Gasteiger partial charge in [0.15, 0.2) is 0 Å². The van der Waals surface area contributed by atoms with Gasteiger partial charge in [-0.2, -0.15) is 15.0 Å². The van der Waals surface area contributed by atoms with Crippen molar-refractivity contribution >= 4 is 29.2 Å². The van der Waals surface area contributed by atoms with Gasteiger partial charge < -0.3 is 9.64 Å². The summed E-state index contributed by atoms with van der Waals surface area (Å²) in [7, 11) is 0. The maximum absolute atomic E-state index is 5.70. The first kappa shape index (κ1) is 11.4. The van der Waals surface area contributed by atoms with Gasteiger partial charge in [0.2, 0.25) is 16.5 Å². The van der Waals surface area contributed by atoms with Gasteiger partial charge in [-0.25, -0.2) is 0 Å². The molecular weight excluding hydrogens is 251 g/mol. The summed E-state index contributed by atoms with van der Waals surface area (Å²) in [5.41, 5.74) is 0. The standard InChI is InChI=1S/C9H8Cl2N4O/c1-2-6-5-16-4-3-15(6)9-13-7(10)12-8(11)14-9/h1,6H,3-5H2/t6-/m0/s1. The summed E-state index contributed by atoms with van der Waals surface area (Å²) in [5.74, 6) is 2.99. The van der Waals surface area contributed by atoms with Gasteiger partial charge in [0.1, 0.15) is 6.04 Å². The second-order valence-electron chi connectivity index (χ2n) is 3.12. The van der Waals surface area contributed by atoms with E-state index in [9.17, 15) is 0 Å². The Morgan fingerprint density at radius 1 is 1.31 bits per heavy atom. The fraction of sp³-hybridized carbons (Fsp3) is 0.444. The molecule has 1 aromatic rings. The Bertz CT molecular complexity index is 414. The molecule has 0 saturated carbocycles.